The molecule has 3 amide bonds. The summed E-state index contributed by atoms with van der Waals surface area (Å²) in [7, 11) is 0. The lowest BCUT2D eigenvalue weighted by molar-refractivity contribution is 0.0926. The molecule has 0 aliphatic rings. The number of carbonyl (C=O) groups excluding carboxylic acids is 2. The Hall–Kier alpha value is -2.47. The maximum Gasteiger partial charge on any atom is 0.315 e. The van der Waals surface area contributed by atoms with E-state index in [1.165, 1.54) is 6.26 Å². The molecule has 7 heteroatoms. The molecule has 0 aliphatic carbocycles. The molecule has 0 saturated carbocycles. The van der Waals surface area contributed by atoms with Gasteiger partial charge in [-0.2, -0.15) is 0 Å². The molecule has 0 aliphatic heterocycles. The fraction of sp³-hybridized carbons (Fsp3) is 0.200. The van der Waals surface area contributed by atoms with Crippen molar-refractivity contribution in [3.8, 4) is 0 Å². The summed E-state index contributed by atoms with van der Waals surface area (Å²) in [5, 5.41) is 8.64. The van der Waals surface area contributed by atoms with Gasteiger partial charge in [-0.25, -0.2) is 4.79 Å². The quantitative estimate of drug-likeness (QED) is 0.713. The van der Waals surface area contributed by atoms with Gasteiger partial charge in [0.25, 0.3) is 5.91 Å². The molecule has 116 valence electrons. The van der Waals surface area contributed by atoms with Crippen molar-refractivity contribution in [3.63, 3.8) is 0 Å². The topological polar surface area (TPSA) is 83.4 Å². The molecule has 2 aromatic rings. The summed E-state index contributed by atoms with van der Waals surface area (Å²) in [4.78, 5) is 23.1. The number of furan rings is 1. The molecule has 0 bridgehead atoms. The third kappa shape index (κ3) is 5.14. The van der Waals surface area contributed by atoms with Crippen LogP contribution in [-0.2, 0) is 6.54 Å². The Kier molecular flexibility index (Phi) is 5.85. The molecule has 0 unspecified atom stereocenters. The highest BCUT2D eigenvalue weighted by molar-refractivity contribution is 6.30. The molecule has 1 aromatic carbocycles. The minimum absolute atomic E-state index is 0.243. The van der Waals surface area contributed by atoms with Crippen LogP contribution >= 0.6 is 11.6 Å². The summed E-state index contributed by atoms with van der Waals surface area (Å²) in [5.41, 5.74) is 0.950. The molecule has 0 saturated heterocycles. The van der Waals surface area contributed by atoms with Gasteiger partial charge in [-0.05, 0) is 29.8 Å². The minimum atomic E-state index is -0.312. The summed E-state index contributed by atoms with van der Waals surface area (Å²) in [5.74, 6) is -0.0689. The summed E-state index contributed by atoms with van der Waals surface area (Å²) < 4.78 is 4.95. The van der Waals surface area contributed by atoms with Gasteiger partial charge in [-0.1, -0.05) is 23.7 Å². The van der Waals surface area contributed by atoms with Crippen LogP contribution < -0.4 is 16.0 Å². The summed E-state index contributed by atoms with van der Waals surface area (Å²) >= 11 is 5.78. The van der Waals surface area contributed by atoms with E-state index >= 15 is 0 Å². The first kappa shape index (κ1) is 15.9. The zero-order valence-corrected chi connectivity index (χ0v) is 12.5. The lowest BCUT2D eigenvalue weighted by Crippen LogP contribution is -2.39. The number of amides is 3. The van der Waals surface area contributed by atoms with Gasteiger partial charge in [0.05, 0.1) is 6.26 Å². The van der Waals surface area contributed by atoms with Gasteiger partial charge in [0, 0.05) is 24.7 Å². The van der Waals surface area contributed by atoms with Gasteiger partial charge >= 0.3 is 6.03 Å². The standard InChI is InChI=1S/C15H16ClN3O3/c16-12-5-3-11(4-6-12)10-19-15(21)18-8-7-17-14(20)13-2-1-9-22-13/h1-6,9H,7-8,10H2,(H,17,20)(H2,18,19,21). The zero-order chi connectivity index (χ0) is 15.8. The number of halogens is 1. The van der Waals surface area contributed by atoms with E-state index in [2.05, 4.69) is 16.0 Å². The van der Waals surface area contributed by atoms with E-state index in [1.807, 2.05) is 12.1 Å². The van der Waals surface area contributed by atoms with Gasteiger partial charge < -0.3 is 20.4 Å². The van der Waals surface area contributed by atoms with Crippen molar-refractivity contribution in [1.29, 1.82) is 0 Å². The molecule has 1 heterocycles. The van der Waals surface area contributed by atoms with Crippen molar-refractivity contribution in [2.45, 2.75) is 6.54 Å². The second-order valence-corrected chi connectivity index (χ2v) is 4.91. The van der Waals surface area contributed by atoms with E-state index in [-0.39, 0.29) is 17.7 Å². The van der Waals surface area contributed by atoms with Crippen LogP contribution in [0.1, 0.15) is 16.1 Å². The highest BCUT2D eigenvalue weighted by atomic mass is 35.5. The number of hydrogen-bond acceptors (Lipinski definition) is 3. The molecule has 1 aromatic heterocycles. The largest absolute Gasteiger partial charge is 0.459 e. The van der Waals surface area contributed by atoms with Crippen LogP contribution in [0.2, 0.25) is 5.02 Å². The lowest BCUT2D eigenvalue weighted by atomic mass is 10.2. The van der Waals surface area contributed by atoms with Crippen LogP contribution in [-0.4, -0.2) is 25.0 Å². The smallest absolute Gasteiger partial charge is 0.315 e. The maximum atomic E-state index is 11.6. The Labute approximate surface area is 132 Å². The van der Waals surface area contributed by atoms with Gasteiger partial charge in [0.2, 0.25) is 0 Å². The molecule has 3 N–H and O–H groups in total. The summed E-state index contributed by atoms with van der Waals surface area (Å²) in [6.45, 7) is 1.04. The van der Waals surface area contributed by atoms with Crippen molar-refractivity contribution < 1.29 is 14.0 Å². The average Bonchev–Trinajstić information content (AvgIpc) is 3.05. The van der Waals surface area contributed by atoms with E-state index in [0.717, 1.165) is 5.56 Å². The van der Waals surface area contributed by atoms with E-state index < -0.39 is 0 Å². The Balaban J connectivity index is 1.59. The fourth-order valence-electron chi connectivity index (χ4n) is 1.69. The van der Waals surface area contributed by atoms with Crippen LogP contribution in [0.5, 0.6) is 0 Å². The van der Waals surface area contributed by atoms with Crippen molar-refractivity contribution in [2.24, 2.45) is 0 Å². The van der Waals surface area contributed by atoms with Gasteiger partial charge in [0.15, 0.2) is 5.76 Å². The van der Waals surface area contributed by atoms with Gasteiger partial charge in [-0.15, -0.1) is 0 Å². The van der Waals surface area contributed by atoms with Crippen molar-refractivity contribution >= 4 is 23.5 Å². The molecule has 6 nitrogen and oxygen atoms in total. The molecule has 0 fully saturated rings. The lowest BCUT2D eigenvalue weighted by Gasteiger charge is -2.08. The van der Waals surface area contributed by atoms with Crippen LogP contribution in [0.3, 0.4) is 0 Å². The highest BCUT2D eigenvalue weighted by Gasteiger charge is 2.07. The van der Waals surface area contributed by atoms with E-state index in [9.17, 15) is 9.59 Å². The van der Waals surface area contributed by atoms with E-state index in [0.29, 0.717) is 24.7 Å². The van der Waals surface area contributed by atoms with Crippen molar-refractivity contribution in [1.82, 2.24) is 16.0 Å². The number of carbonyl (C=O) groups is 2. The number of benzene rings is 1. The first-order valence-electron chi connectivity index (χ1n) is 6.73. The molecule has 0 spiro atoms. The van der Waals surface area contributed by atoms with Crippen LogP contribution in [0.15, 0.2) is 47.1 Å². The third-order valence-corrected chi connectivity index (χ3v) is 3.06. The number of hydrogen-bond donors (Lipinski definition) is 3. The summed E-state index contributed by atoms with van der Waals surface area (Å²) in [6.07, 6.45) is 1.43. The van der Waals surface area contributed by atoms with Crippen molar-refractivity contribution in [2.75, 3.05) is 13.1 Å². The van der Waals surface area contributed by atoms with E-state index in [4.69, 9.17) is 16.0 Å². The Morgan fingerprint density at radius 3 is 2.41 bits per heavy atom. The van der Waals surface area contributed by atoms with Crippen LogP contribution in [0, 0.1) is 0 Å². The fourth-order valence-corrected chi connectivity index (χ4v) is 1.82. The highest BCUT2D eigenvalue weighted by Crippen LogP contribution is 2.08. The van der Waals surface area contributed by atoms with Crippen LogP contribution in [0.4, 0.5) is 4.79 Å². The second kappa shape index (κ2) is 8.09. The summed E-state index contributed by atoms with van der Waals surface area (Å²) in [6, 6.07) is 10.1. The molecular formula is C15H16ClN3O3. The normalized spacial score (nSPS) is 10.0. The predicted octanol–water partition coefficient (Wildman–Crippen LogP) is 2.16. The SMILES string of the molecule is O=C(NCCNC(=O)c1ccco1)NCc1ccc(Cl)cc1. The maximum absolute atomic E-state index is 11.6. The molecule has 22 heavy (non-hydrogen) atoms. The van der Waals surface area contributed by atoms with Gasteiger partial charge in [0.1, 0.15) is 0 Å². The Bertz CT molecular complexity index is 611. The Morgan fingerprint density at radius 2 is 1.73 bits per heavy atom. The molecular weight excluding hydrogens is 306 g/mol. The average molecular weight is 322 g/mol. The van der Waals surface area contributed by atoms with Gasteiger partial charge in [-0.3, -0.25) is 4.79 Å². The molecule has 0 radical (unpaired) electrons. The Morgan fingerprint density at radius 1 is 1.00 bits per heavy atom. The monoisotopic (exact) mass is 321 g/mol. The van der Waals surface area contributed by atoms with Crippen LogP contribution in [0.25, 0.3) is 0 Å². The number of nitrogens with one attached hydrogen (secondary N) is 3. The predicted molar refractivity (Wildman–Crippen MR) is 82.7 cm³/mol. The number of rotatable bonds is 6. The first-order valence-corrected chi connectivity index (χ1v) is 7.11. The number of urea groups is 1. The third-order valence-electron chi connectivity index (χ3n) is 2.81. The zero-order valence-electron chi connectivity index (χ0n) is 11.8. The second-order valence-electron chi connectivity index (χ2n) is 4.47. The van der Waals surface area contributed by atoms with Crippen molar-refractivity contribution in [3.05, 3.63) is 59.0 Å². The molecule has 2 rings (SSSR count). The van der Waals surface area contributed by atoms with E-state index in [1.54, 1.807) is 24.3 Å². The first-order chi connectivity index (χ1) is 10.6. The molecule has 0 atom stereocenters. The minimum Gasteiger partial charge on any atom is -0.459 e.